The van der Waals surface area contributed by atoms with Crippen LogP contribution in [0.1, 0.15) is 28.8 Å². The standard InChI is InChI=1S/C10H10ClF2NO2/c1-5-7(2-8(15)16)6(3-11)4-14-9(5)10(12)13/h4,10H,2-3H2,1H3,(H,15,16). The molecule has 0 bridgehead atoms. The second-order valence-corrected chi connectivity index (χ2v) is 3.54. The van der Waals surface area contributed by atoms with Crippen LogP contribution < -0.4 is 0 Å². The number of aromatic nitrogens is 1. The Kier molecular flexibility index (Phi) is 4.18. The van der Waals surface area contributed by atoms with Crippen molar-refractivity contribution in [3.8, 4) is 0 Å². The molecule has 0 atom stereocenters. The van der Waals surface area contributed by atoms with Crippen molar-refractivity contribution < 1.29 is 18.7 Å². The van der Waals surface area contributed by atoms with Crippen LogP contribution in [0.25, 0.3) is 0 Å². The Morgan fingerprint density at radius 3 is 2.69 bits per heavy atom. The van der Waals surface area contributed by atoms with Crippen molar-refractivity contribution in [2.45, 2.75) is 25.7 Å². The van der Waals surface area contributed by atoms with Crippen LogP contribution in [0.2, 0.25) is 0 Å². The monoisotopic (exact) mass is 249 g/mol. The van der Waals surface area contributed by atoms with Gasteiger partial charge in [-0.05, 0) is 23.6 Å². The Hall–Kier alpha value is -1.23. The molecule has 1 aromatic rings. The molecule has 0 aromatic carbocycles. The van der Waals surface area contributed by atoms with E-state index in [1.807, 2.05) is 0 Å². The second kappa shape index (κ2) is 5.21. The molecule has 0 saturated carbocycles. The summed E-state index contributed by atoms with van der Waals surface area (Å²) in [6.45, 7) is 1.43. The predicted molar refractivity (Wildman–Crippen MR) is 54.8 cm³/mol. The van der Waals surface area contributed by atoms with Crippen LogP contribution in [0.4, 0.5) is 8.78 Å². The average molecular weight is 250 g/mol. The fraction of sp³-hybridized carbons (Fsp3) is 0.400. The third-order valence-electron chi connectivity index (χ3n) is 2.26. The zero-order valence-electron chi connectivity index (χ0n) is 8.51. The minimum Gasteiger partial charge on any atom is -0.481 e. The van der Waals surface area contributed by atoms with Crippen LogP contribution in [0.15, 0.2) is 6.20 Å². The molecule has 0 amide bonds. The quantitative estimate of drug-likeness (QED) is 0.835. The van der Waals surface area contributed by atoms with Gasteiger partial charge < -0.3 is 5.11 Å². The first-order valence-electron chi connectivity index (χ1n) is 4.50. The zero-order valence-corrected chi connectivity index (χ0v) is 9.26. The minimum absolute atomic E-state index is 0.0555. The molecule has 3 nitrogen and oxygen atoms in total. The van der Waals surface area contributed by atoms with Gasteiger partial charge in [0.25, 0.3) is 6.43 Å². The van der Waals surface area contributed by atoms with E-state index in [9.17, 15) is 13.6 Å². The van der Waals surface area contributed by atoms with Crippen LogP contribution in [0.3, 0.4) is 0 Å². The van der Waals surface area contributed by atoms with E-state index < -0.39 is 12.4 Å². The van der Waals surface area contributed by atoms with E-state index in [0.29, 0.717) is 11.1 Å². The third-order valence-corrected chi connectivity index (χ3v) is 2.55. The molecule has 0 fully saturated rings. The molecule has 1 aromatic heterocycles. The molecule has 0 saturated heterocycles. The first-order chi connectivity index (χ1) is 7.47. The van der Waals surface area contributed by atoms with Gasteiger partial charge in [0.05, 0.1) is 6.42 Å². The van der Waals surface area contributed by atoms with Gasteiger partial charge >= 0.3 is 5.97 Å². The Bertz CT molecular complexity index is 410. The van der Waals surface area contributed by atoms with E-state index in [-0.39, 0.29) is 23.6 Å². The predicted octanol–water partition coefficient (Wildman–Crippen LogP) is 2.69. The number of pyridine rings is 1. The topological polar surface area (TPSA) is 50.2 Å². The normalized spacial score (nSPS) is 10.8. The van der Waals surface area contributed by atoms with E-state index in [1.165, 1.54) is 13.1 Å². The Morgan fingerprint density at radius 2 is 2.25 bits per heavy atom. The van der Waals surface area contributed by atoms with Crippen molar-refractivity contribution in [1.82, 2.24) is 4.98 Å². The smallest absolute Gasteiger partial charge is 0.307 e. The summed E-state index contributed by atoms with van der Waals surface area (Å²) in [4.78, 5) is 14.2. The molecule has 16 heavy (non-hydrogen) atoms. The lowest BCUT2D eigenvalue weighted by Crippen LogP contribution is -2.09. The van der Waals surface area contributed by atoms with Gasteiger partial charge in [-0.15, -0.1) is 11.6 Å². The SMILES string of the molecule is Cc1c(C(F)F)ncc(CCl)c1CC(=O)O. The highest BCUT2D eigenvalue weighted by atomic mass is 35.5. The maximum Gasteiger partial charge on any atom is 0.307 e. The number of carboxylic acids is 1. The number of alkyl halides is 3. The summed E-state index contributed by atoms with van der Waals surface area (Å²) in [5, 5.41) is 8.69. The highest BCUT2D eigenvalue weighted by molar-refractivity contribution is 6.17. The van der Waals surface area contributed by atoms with Gasteiger partial charge in [0, 0.05) is 12.1 Å². The van der Waals surface area contributed by atoms with Gasteiger partial charge in [0.1, 0.15) is 5.69 Å². The molecule has 88 valence electrons. The third kappa shape index (κ3) is 2.66. The van der Waals surface area contributed by atoms with Gasteiger partial charge in [-0.25, -0.2) is 8.78 Å². The van der Waals surface area contributed by atoms with Crippen LogP contribution in [-0.2, 0) is 17.1 Å². The van der Waals surface area contributed by atoms with Crippen LogP contribution in [0, 0.1) is 6.92 Å². The van der Waals surface area contributed by atoms with Crippen LogP contribution in [0.5, 0.6) is 0 Å². The summed E-state index contributed by atoms with van der Waals surface area (Å²) in [6.07, 6.45) is -1.83. The van der Waals surface area contributed by atoms with Crippen molar-refractivity contribution >= 4 is 17.6 Å². The summed E-state index contributed by atoms with van der Waals surface area (Å²) in [6, 6.07) is 0. The highest BCUT2D eigenvalue weighted by Crippen LogP contribution is 2.25. The van der Waals surface area contributed by atoms with E-state index in [2.05, 4.69) is 4.98 Å². The number of halogens is 3. The molecule has 1 N–H and O–H groups in total. The maximum atomic E-state index is 12.5. The number of aliphatic carboxylic acids is 1. The second-order valence-electron chi connectivity index (χ2n) is 3.28. The molecule has 0 aliphatic rings. The Morgan fingerprint density at radius 1 is 1.62 bits per heavy atom. The van der Waals surface area contributed by atoms with E-state index in [0.717, 1.165) is 0 Å². The lowest BCUT2D eigenvalue weighted by atomic mass is 10.0. The molecule has 1 heterocycles. The van der Waals surface area contributed by atoms with Crippen LogP contribution in [-0.4, -0.2) is 16.1 Å². The lowest BCUT2D eigenvalue weighted by Gasteiger charge is -2.12. The van der Waals surface area contributed by atoms with E-state index in [4.69, 9.17) is 16.7 Å². The summed E-state index contributed by atoms with van der Waals surface area (Å²) < 4.78 is 25.1. The molecule has 0 spiro atoms. The number of rotatable bonds is 4. The number of carbonyl (C=O) groups is 1. The fourth-order valence-corrected chi connectivity index (χ4v) is 1.68. The highest BCUT2D eigenvalue weighted by Gasteiger charge is 2.18. The molecule has 1 rings (SSSR count). The average Bonchev–Trinajstić information content (AvgIpc) is 2.19. The first kappa shape index (κ1) is 12.8. The Labute approximate surface area is 96.1 Å². The lowest BCUT2D eigenvalue weighted by molar-refractivity contribution is -0.136. The van der Waals surface area contributed by atoms with Gasteiger partial charge in [0.2, 0.25) is 0 Å². The van der Waals surface area contributed by atoms with E-state index in [1.54, 1.807) is 0 Å². The largest absolute Gasteiger partial charge is 0.481 e. The zero-order chi connectivity index (χ0) is 12.3. The summed E-state index contributed by atoms with van der Waals surface area (Å²) >= 11 is 5.60. The molecular formula is C10H10ClF2NO2. The number of carboxylic acid groups (broad SMARTS) is 1. The van der Waals surface area contributed by atoms with Crippen molar-refractivity contribution in [1.29, 1.82) is 0 Å². The van der Waals surface area contributed by atoms with Crippen molar-refractivity contribution in [2.75, 3.05) is 0 Å². The van der Waals surface area contributed by atoms with Crippen molar-refractivity contribution in [3.63, 3.8) is 0 Å². The van der Waals surface area contributed by atoms with Crippen LogP contribution >= 0.6 is 11.6 Å². The molecule has 6 heteroatoms. The summed E-state index contributed by atoms with van der Waals surface area (Å²) in [5.74, 6) is -1.03. The number of hydrogen-bond acceptors (Lipinski definition) is 2. The number of nitrogens with zero attached hydrogens (tertiary/aromatic N) is 1. The maximum absolute atomic E-state index is 12.5. The minimum atomic E-state index is -2.71. The van der Waals surface area contributed by atoms with Gasteiger partial charge in [0.15, 0.2) is 0 Å². The number of hydrogen-bond donors (Lipinski definition) is 1. The molecule has 0 aliphatic heterocycles. The van der Waals surface area contributed by atoms with Gasteiger partial charge in [-0.1, -0.05) is 0 Å². The Balaban J connectivity index is 3.28. The van der Waals surface area contributed by atoms with Crippen molar-refractivity contribution in [2.24, 2.45) is 0 Å². The van der Waals surface area contributed by atoms with Gasteiger partial charge in [-0.3, -0.25) is 9.78 Å². The molecule has 0 radical (unpaired) electrons. The first-order valence-corrected chi connectivity index (χ1v) is 5.04. The molecule has 0 unspecified atom stereocenters. The van der Waals surface area contributed by atoms with Crippen molar-refractivity contribution in [3.05, 3.63) is 28.6 Å². The summed E-state index contributed by atoms with van der Waals surface area (Å²) in [5.41, 5.74) is 0.624. The van der Waals surface area contributed by atoms with E-state index >= 15 is 0 Å². The molecular weight excluding hydrogens is 240 g/mol. The fourth-order valence-electron chi connectivity index (χ4n) is 1.45. The van der Waals surface area contributed by atoms with Gasteiger partial charge in [-0.2, -0.15) is 0 Å². The molecule has 0 aliphatic carbocycles. The summed E-state index contributed by atoms with van der Waals surface area (Å²) in [7, 11) is 0.